The van der Waals surface area contributed by atoms with Gasteiger partial charge in [0.05, 0.1) is 0 Å². The van der Waals surface area contributed by atoms with Gasteiger partial charge in [0.1, 0.15) is 17.1 Å². The van der Waals surface area contributed by atoms with Gasteiger partial charge in [0.25, 0.3) is 11.8 Å². The molecular weight excluding hydrogens is 352 g/mol. The van der Waals surface area contributed by atoms with Gasteiger partial charge in [-0.05, 0) is 30.3 Å². The highest BCUT2D eigenvalue weighted by Crippen LogP contribution is 2.25. The van der Waals surface area contributed by atoms with E-state index in [1.54, 1.807) is 12.1 Å². The van der Waals surface area contributed by atoms with Crippen LogP contribution in [0.25, 0.3) is 17.4 Å². The van der Waals surface area contributed by atoms with Crippen LogP contribution in [0.15, 0.2) is 50.9 Å². The van der Waals surface area contributed by atoms with Crippen LogP contribution in [0, 0.1) is 0 Å². The molecule has 1 aliphatic heterocycles. The topological polar surface area (TPSA) is 88.4 Å². The summed E-state index contributed by atoms with van der Waals surface area (Å²) in [6, 6.07) is 10.0. The number of carbonyl (C=O) groups excluding carboxylic acids is 3. The summed E-state index contributed by atoms with van der Waals surface area (Å²) in [5.41, 5.74) is 0.678. The zero-order chi connectivity index (χ0) is 15.7. The number of imide groups is 2. The molecule has 3 rings (SSSR count). The second-order valence-corrected chi connectivity index (χ2v) is 5.42. The van der Waals surface area contributed by atoms with E-state index in [0.717, 1.165) is 10.0 Å². The Labute approximate surface area is 133 Å². The van der Waals surface area contributed by atoms with Crippen molar-refractivity contribution in [3.05, 3.63) is 52.2 Å². The highest BCUT2D eigenvalue weighted by atomic mass is 79.9. The van der Waals surface area contributed by atoms with Gasteiger partial charge in [0.15, 0.2) is 0 Å². The SMILES string of the molecule is O=C1NC(=O)C(=Cc2ccc(-c3ccc(Br)cc3)o2)C(=O)N1. The lowest BCUT2D eigenvalue weighted by molar-refractivity contribution is -0.123. The standard InChI is InChI=1S/C15H9BrN2O4/c16-9-3-1-8(2-4-9)12-6-5-10(22-12)7-11-13(19)17-15(21)18-14(11)20/h1-7H,(H2,17,18,19,20,21). The van der Waals surface area contributed by atoms with E-state index in [4.69, 9.17) is 4.42 Å². The molecule has 1 aromatic carbocycles. The van der Waals surface area contributed by atoms with E-state index >= 15 is 0 Å². The molecule has 0 bridgehead atoms. The van der Waals surface area contributed by atoms with Crippen LogP contribution in [0.1, 0.15) is 5.76 Å². The Morgan fingerprint density at radius 1 is 0.909 bits per heavy atom. The third-order valence-corrected chi connectivity index (χ3v) is 3.51. The van der Waals surface area contributed by atoms with Crippen molar-refractivity contribution in [3.8, 4) is 11.3 Å². The monoisotopic (exact) mass is 360 g/mol. The molecular formula is C15H9BrN2O4. The van der Waals surface area contributed by atoms with Crippen molar-refractivity contribution in [1.29, 1.82) is 0 Å². The van der Waals surface area contributed by atoms with Gasteiger partial charge in [-0.25, -0.2) is 4.79 Å². The molecule has 0 unspecified atom stereocenters. The predicted molar refractivity (Wildman–Crippen MR) is 81.5 cm³/mol. The second kappa shape index (κ2) is 5.61. The van der Waals surface area contributed by atoms with Gasteiger partial charge in [-0.15, -0.1) is 0 Å². The molecule has 4 amide bonds. The molecule has 0 saturated carbocycles. The normalized spacial score (nSPS) is 14.6. The van der Waals surface area contributed by atoms with Crippen LogP contribution in [0.4, 0.5) is 4.79 Å². The average molecular weight is 361 g/mol. The largest absolute Gasteiger partial charge is 0.457 e. The highest BCUT2D eigenvalue weighted by Gasteiger charge is 2.28. The first kappa shape index (κ1) is 14.3. The number of carbonyl (C=O) groups is 3. The Balaban J connectivity index is 1.89. The first-order valence-corrected chi connectivity index (χ1v) is 7.06. The fourth-order valence-electron chi connectivity index (χ4n) is 1.95. The Kier molecular flexibility index (Phi) is 3.64. The van der Waals surface area contributed by atoms with E-state index in [1.807, 2.05) is 34.9 Å². The van der Waals surface area contributed by atoms with Crippen LogP contribution >= 0.6 is 15.9 Å². The van der Waals surface area contributed by atoms with Gasteiger partial charge in [-0.1, -0.05) is 28.1 Å². The summed E-state index contributed by atoms with van der Waals surface area (Å²) in [5.74, 6) is -0.565. The molecule has 110 valence electrons. The average Bonchev–Trinajstić information content (AvgIpc) is 2.92. The Morgan fingerprint density at radius 3 is 2.18 bits per heavy atom. The molecule has 6 nitrogen and oxygen atoms in total. The predicted octanol–water partition coefficient (Wildman–Crippen LogP) is 2.46. The Bertz CT molecular complexity index is 783. The van der Waals surface area contributed by atoms with Gasteiger partial charge >= 0.3 is 6.03 Å². The molecule has 0 atom stereocenters. The zero-order valence-corrected chi connectivity index (χ0v) is 12.6. The molecule has 1 aliphatic rings. The fraction of sp³-hybridized carbons (Fsp3) is 0. The van der Waals surface area contributed by atoms with E-state index in [2.05, 4.69) is 15.9 Å². The molecule has 22 heavy (non-hydrogen) atoms. The zero-order valence-electron chi connectivity index (χ0n) is 11.1. The minimum absolute atomic E-state index is 0.184. The van der Waals surface area contributed by atoms with E-state index in [0.29, 0.717) is 11.5 Å². The summed E-state index contributed by atoms with van der Waals surface area (Å²) in [6.45, 7) is 0. The van der Waals surface area contributed by atoms with Crippen LogP contribution in [0.2, 0.25) is 0 Å². The van der Waals surface area contributed by atoms with Gasteiger partial charge in [-0.3, -0.25) is 20.2 Å². The lowest BCUT2D eigenvalue weighted by atomic mass is 10.1. The second-order valence-electron chi connectivity index (χ2n) is 4.50. The van der Waals surface area contributed by atoms with Crippen molar-refractivity contribution >= 4 is 39.9 Å². The molecule has 2 heterocycles. The third kappa shape index (κ3) is 2.84. The van der Waals surface area contributed by atoms with Crippen molar-refractivity contribution in [2.75, 3.05) is 0 Å². The van der Waals surface area contributed by atoms with Crippen molar-refractivity contribution in [1.82, 2.24) is 10.6 Å². The third-order valence-electron chi connectivity index (χ3n) is 2.99. The molecule has 7 heteroatoms. The molecule has 1 saturated heterocycles. The van der Waals surface area contributed by atoms with Gasteiger partial charge in [-0.2, -0.15) is 0 Å². The minimum atomic E-state index is -0.831. The van der Waals surface area contributed by atoms with Crippen LogP contribution in [0.3, 0.4) is 0 Å². The maximum absolute atomic E-state index is 11.6. The minimum Gasteiger partial charge on any atom is -0.457 e. The van der Waals surface area contributed by atoms with Crippen molar-refractivity contribution in [2.24, 2.45) is 0 Å². The van der Waals surface area contributed by atoms with E-state index in [-0.39, 0.29) is 5.57 Å². The van der Waals surface area contributed by atoms with E-state index < -0.39 is 17.8 Å². The van der Waals surface area contributed by atoms with Gasteiger partial charge < -0.3 is 4.42 Å². The summed E-state index contributed by atoms with van der Waals surface area (Å²) in [7, 11) is 0. The Morgan fingerprint density at radius 2 is 1.55 bits per heavy atom. The highest BCUT2D eigenvalue weighted by molar-refractivity contribution is 9.10. The summed E-state index contributed by atoms with van der Waals surface area (Å²) in [5, 5.41) is 4.00. The number of urea groups is 1. The van der Waals surface area contributed by atoms with Crippen LogP contribution in [-0.2, 0) is 9.59 Å². The number of barbiturate groups is 1. The summed E-state index contributed by atoms with van der Waals surface area (Å²) < 4.78 is 6.55. The number of amides is 4. The number of benzene rings is 1. The van der Waals surface area contributed by atoms with Crippen LogP contribution in [-0.4, -0.2) is 17.8 Å². The molecule has 0 spiro atoms. The van der Waals surface area contributed by atoms with Crippen LogP contribution in [0.5, 0.6) is 0 Å². The number of halogens is 1. The maximum atomic E-state index is 11.6. The number of hydrogen-bond acceptors (Lipinski definition) is 4. The molecule has 1 aromatic heterocycles. The summed E-state index contributed by atoms with van der Waals surface area (Å²) in [4.78, 5) is 34.2. The number of nitrogens with one attached hydrogen (secondary N) is 2. The molecule has 0 aliphatic carbocycles. The lowest BCUT2D eigenvalue weighted by Crippen LogP contribution is -2.51. The quantitative estimate of drug-likeness (QED) is 0.635. The first-order valence-electron chi connectivity index (χ1n) is 6.27. The Hall–Kier alpha value is -2.67. The number of hydrogen-bond donors (Lipinski definition) is 2. The van der Waals surface area contributed by atoms with Crippen molar-refractivity contribution in [2.45, 2.75) is 0 Å². The number of rotatable bonds is 2. The van der Waals surface area contributed by atoms with Gasteiger partial charge in [0, 0.05) is 10.0 Å². The molecule has 2 aromatic rings. The van der Waals surface area contributed by atoms with Gasteiger partial charge in [0.2, 0.25) is 0 Å². The molecule has 1 fully saturated rings. The first-order chi connectivity index (χ1) is 10.5. The number of furan rings is 1. The smallest absolute Gasteiger partial charge is 0.328 e. The fourth-order valence-corrected chi connectivity index (χ4v) is 2.21. The van der Waals surface area contributed by atoms with E-state index in [1.165, 1.54) is 6.08 Å². The van der Waals surface area contributed by atoms with Crippen molar-refractivity contribution < 1.29 is 18.8 Å². The molecule has 2 N–H and O–H groups in total. The summed E-state index contributed by atoms with van der Waals surface area (Å²) >= 11 is 3.35. The molecule has 0 radical (unpaired) electrons. The van der Waals surface area contributed by atoms with Crippen molar-refractivity contribution in [3.63, 3.8) is 0 Å². The summed E-state index contributed by atoms with van der Waals surface area (Å²) in [6.07, 6.45) is 1.29. The van der Waals surface area contributed by atoms with Crippen LogP contribution < -0.4 is 10.6 Å². The van der Waals surface area contributed by atoms with E-state index in [9.17, 15) is 14.4 Å². The lowest BCUT2D eigenvalue weighted by Gasteiger charge is -2.13. The maximum Gasteiger partial charge on any atom is 0.328 e.